The van der Waals surface area contributed by atoms with Crippen LogP contribution in [0.2, 0.25) is 0 Å². The van der Waals surface area contributed by atoms with Crippen LogP contribution in [-0.4, -0.2) is 50.2 Å². The lowest BCUT2D eigenvalue weighted by Crippen LogP contribution is -2.40. The van der Waals surface area contributed by atoms with Gasteiger partial charge in [0.05, 0.1) is 12.9 Å². The Kier molecular flexibility index (Phi) is 14.6. The minimum Gasteiger partial charge on any atom is -0.466 e. The molecule has 2 aromatic heterocycles. The van der Waals surface area contributed by atoms with Gasteiger partial charge in [0.1, 0.15) is 12.1 Å². The normalized spacial score (nSPS) is 13.7. The number of aryl methyl sites for hydroxylation is 1. The van der Waals surface area contributed by atoms with Crippen molar-refractivity contribution in [2.45, 2.75) is 123 Å². The van der Waals surface area contributed by atoms with Crippen molar-refractivity contribution in [3.63, 3.8) is 0 Å². The number of aromatic nitrogens is 4. The summed E-state index contributed by atoms with van der Waals surface area (Å²) in [5.41, 5.74) is 11.9. The monoisotopic (exact) mass is 548 g/mol. The molecule has 0 aromatic carbocycles. The number of nitrogens with one attached hydrogen (secondary N) is 1. The minimum absolute atomic E-state index is 0.00404. The smallest absolute Gasteiger partial charge is 0.323 e. The van der Waals surface area contributed by atoms with Gasteiger partial charge in [0, 0.05) is 25.8 Å². The van der Waals surface area contributed by atoms with Crippen molar-refractivity contribution >= 4 is 29.1 Å². The molecule has 0 fully saturated rings. The number of rotatable bonds is 20. The van der Waals surface area contributed by atoms with Crippen molar-refractivity contribution < 1.29 is 19.1 Å². The van der Waals surface area contributed by atoms with Crippen molar-refractivity contribution in [3.05, 3.63) is 16.7 Å². The fourth-order valence-electron chi connectivity index (χ4n) is 4.37. The van der Waals surface area contributed by atoms with E-state index in [0.29, 0.717) is 31.5 Å². The molecule has 0 amide bonds. The number of esters is 2. The van der Waals surface area contributed by atoms with Gasteiger partial charge >= 0.3 is 11.9 Å². The lowest BCUT2D eigenvalue weighted by Gasteiger charge is -2.23. The highest BCUT2D eigenvalue weighted by Gasteiger charge is 2.25. The molecule has 0 radical (unpaired) electrons. The molecule has 5 N–H and O–H groups in total. The first-order valence-electron chi connectivity index (χ1n) is 14.6. The van der Waals surface area contributed by atoms with Gasteiger partial charge in [-0.1, -0.05) is 78.6 Å². The van der Waals surface area contributed by atoms with Gasteiger partial charge in [0.2, 0.25) is 5.95 Å². The second-order valence-electron chi connectivity index (χ2n) is 10.4. The Bertz CT molecular complexity index is 1070. The van der Waals surface area contributed by atoms with Crippen LogP contribution in [0.3, 0.4) is 0 Å². The average molecular weight is 549 g/mol. The zero-order chi connectivity index (χ0) is 28.6. The van der Waals surface area contributed by atoms with E-state index in [1.165, 1.54) is 44.9 Å². The number of fused-ring (bicyclic) bond motifs is 1. The molecule has 11 heteroatoms. The van der Waals surface area contributed by atoms with E-state index >= 15 is 0 Å². The second kappa shape index (κ2) is 17.6. The summed E-state index contributed by atoms with van der Waals surface area (Å²) in [6.07, 6.45) is 13.5. The molecule has 3 atom stereocenters. The minimum atomic E-state index is -0.735. The van der Waals surface area contributed by atoms with E-state index in [2.05, 4.69) is 21.9 Å². The number of anilines is 1. The third-order valence-corrected chi connectivity index (χ3v) is 7.18. The highest BCUT2D eigenvalue weighted by atomic mass is 16.6. The van der Waals surface area contributed by atoms with Crippen LogP contribution >= 0.6 is 0 Å². The summed E-state index contributed by atoms with van der Waals surface area (Å²) in [6, 6.07) is -0.735. The molecule has 220 valence electrons. The summed E-state index contributed by atoms with van der Waals surface area (Å²) in [5.74, 6) is -0.747. The lowest BCUT2D eigenvalue weighted by atomic mass is 10.0. The van der Waals surface area contributed by atoms with Crippen LogP contribution in [0.5, 0.6) is 0 Å². The van der Waals surface area contributed by atoms with Crippen molar-refractivity contribution in [1.82, 2.24) is 19.5 Å². The van der Waals surface area contributed by atoms with Gasteiger partial charge < -0.3 is 25.5 Å². The van der Waals surface area contributed by atoms with Crippen molar-refractivity contribution in [3.8, 4) is 0 Å². The zero-order valence-electron chi connectivity index (χ0n) is 24.0. The molecule has 0 aliphatic heterocycles. The van der Waals surface area contributed by atoms with Gasteiger partial charge in [-0.3, -0.25) is 19.4 Å². The first kappa shape index (κ1) is 32.3. The van der Waals surface area contributed by atoms with Crippen LogP contribution < -0.4 is 17.0 Å². The molecule has 0 aliphatic rings. The van der Waals surface area contributed by atoms with Crippen LogP contribution in [-0.2, 0) is 25.6 Å². The predicted molar refractivity (Wildman–Crippen MR) is 152 cm³/mol. The number of imidazole rings is 1. The number of hydrogen-bond acceptors (Lipinski definition) is 9. The predicted octanol–water partition coefficient (Wildman–Crippen LogP) is 4.23. The average Bonchev–Trinajstić information content (AvgIpc) is 3.32. The molecule has 1 unspecified atom stereocenters. The number of hydrogen-bond donors (Lipinski definition) is 3. The van der Waals surface area contributed by atoms with E-state index in [1.807, 2.05) is 13.8 Å². The standard InChI is InChI=1S/C28H48N6O5/c1-4-6-7-8-9-10-11-12-13-14-22(35)38-18-16-21(39-27(37)23(29)20(3)5-2)15-17-34-19-31-24-25(34)32-28(30)33-26(24)36/h19-21,23H,4-18,29H2,1-3H3,(H3,30,32,33,36)/t20-,21?,23-/m0/s1. The fraction of sp³-hybridized carbons (Fsp3) is 0.750. The maximum Gasteiger partial charge on any atom is 0.323 e. The van der Waals surface area contributed by atoms with Crippen LogP contribution in [0, 0.1) is 5.92 Å². The molecule has 39 heavy (non-hydrogen) atoms. The Morgan fingerprint density at radius 3 is 2.38 bits per heavy atom. The van der Waals surface area contributed by atoms with Gasteiger partial charge in [-0.05, 0) is 12.3 Å². The topological polar surface area (TPSA) is 168 Å². The number of carbonyl (C=O) groups is 2. The Hall–Kier alpha value is -2.95. The van der Waals surface area contributed by atoms with Gasteiger partial charge in [0.15, 0.2) is 11.2 Å². The largest absolute Gasteiger partial charge is 0.466 e. The van der Waals surface area contributed by atoms with E-state index in [1.54, 1.807) is 4.57 Å². The SMILES string of the molecule is CCCCCCCCCCCC(=O)OCCC(CCn1cnc2c(=O)[nH]c(N)nc21)OC(=O)[C@@H](N)[C@@H](C)CC. The Balaban J connectivity index is 1.83. The van der Waals surface area contributed by atoms with Crippen molar-refractivity contribution in [1.29, 1.82) is 0 Å². The number of nitrogens with zero attached hydrogens (tertiary/aromatic N) is 3. The van der Waals surface area contributed by atoms with Crippen molar-refractivity contribution in [2.24, 2.45) is 11.7 Å². The zero-order valence-corrected chi connectivity index (χ0v) is 24.0. The lowest BCUT2D eigenvalue weighted by molar-refractivity contribution is -0.154. The molecular weight excluding hydrogens is 500 g/mol. The molecule has 0 aliphatic carbocycles. The Morgan fingerprint density at radius 1 is 1.05 bits per heavy atom. The Labute approximate surface area is 231 Å². The number of ether oxygens (including phenoxy) is 2. The molecular formula is C28H48N6O5. The second-order valence-corrected chi connectivity index (χ2v) is 10.4. The maximum atomic E-state index is 12.7. The van der Waals surface area contributed by atoms with E-state index < -0.39 is 23.7 Å². The van der Waals surface area contributed by atoms with Crippen LogP contribution in [0.15, 0.2) is 11.1 Å². The summed E-state index contributed by atoms with van der Waals surface area (Å²) >= 11 is 0. The van der Waals surface area contributed by atoms with E-state index in [9.17, 15) is 14.4 Å². The van der Waals surface area contributed by atoms with Gasteiger partial charge in [-0.15, -0.1) is 0 Å². The molecule has 2 heterocycles. The summed E-state index contributed by atoms with van der Waals surface area (Å²) in [6.45, 7) is 6.60. The third-order valence-electron chi connectivity index (χ3n) is 7.18. The summed E-state index contributed by atoms with van der Waals surface area (Å²) in [5, 5.41) is 0. The summed E-state index contributed by atoms with van der Waals surface area (Å²) < 4.78 is 12.9. The molecule has 0 saturated heterocycles. The number of aromatic amines is 1. The van der Waals surface area contributed by atoms with E-state index in [4.69, 9.17) is 20.9 Å². The first-order chi connectivity index (χ1) is 18.8. The van der Waals surface area contributed by atoms with Gasteiger partial charge in [-0.25, -0.2) is 4.98 Å². The third kappa shape index (κ3) is 11.4. The molecule has 2 aromatic rings. The Morgan fingerprint density at radius 2 is 1.72 bits per heavy atom. The van der Waals surface area contributed by atoms with Crippen LogP contribution in [0.25, 0.3) is 11.2 Å². The maximum absolute atomic E-state index is 12.7. The molecule has 0 saturated carbocycles. The molecule has 11 nitrogen and oxygen atoms in total. The van der Waals surface area contributed by atoms with Crippen LogP contribution in [0.4, 0.5) is 5.95 Å². The molecule has 0 spiro atoms. The highest BCUT2D eigenvalue weighted by molar-refractivity contribution is 5.76. The van der Waals surface area contributed by atoms with Crippen molar-refractivity contribution in [2.75, 3.05) is 12.3 Å². The highest BCUT2D eigenvalue weighted by Crippen LogP contribution is 2.15. The fourth-order valence-corrected chi connectivity index (χ4v) is 4.37. The summed E-state index contributed by atoms with van der Waals surface area (Å²) in [7, 11) is 0. The van der Waals surface area contributed by atoms with E-state index in [0.717, 1.165) is 25.7 Å². The number of nitrogen functional groups attached to an aromatic ring is 1. The molecule has 2 rings (SSSR count). The number of nitrogens with two attached hydrogens (primary N) is 2. The van der Waals surface area contributed by atoms with E-state index in [-0.39, 0.29) is 30.0 Å². The number of carbonyl (C=O) groups excluding carboxylic acids is 2. The quantitative estimate of drug-likeness (QED) is 0.162. The molecule has 0 bridgehead atoms. The first-order valence-corrected chi connectivity index (χ1v) is 14.6. The van der Waals surface area contributed by atoms with Gasteiger partial charge in [-0.2, -0.15) is 4.98 Å². The summed E-state index contributed by atoms with van der Waals surface area (Å²) in [4.78, 5) is 47.7. The van der Waals surface area contributed by atoms with Crippen LogP contribution in [0.1, 0.15) is 104 Å². The number of H-pyrrole nitrogens is 1. The number of unbranched alkanes of at least 4 members (excludes halogenated alkanes) is 8. The van der Waals surface area contributed by atoms with Gasteiger partial charge in [0.25, 0.3) is 5.56 Å².